The van der Waals surface area contributed by atoms with Crippen molar-refractivity contribution in [3.05, 3.63) is 29.6 Å². The maximum absolute atomic E-state index is 12.8. The average Bonchev–Trinajstić information content (AvgIpc) is 2.27. The summed E-state index contributed by atoms with van der Waals surface area (Å²) in [6, 6.07) is 3.16. The van der Waals surface area contributed by atoms with E-state index in [1.165, 1.54) is 13.2 Å². The van der Waals surface area contributed by atoms with E-state index in [4.69, 9.17) is 9.84 Å². The van der Waals surface area contributed by atoms with E-state index in [9.17, 15) is 14.3 Å². The number of aliphatic hydroxyl groups is 1. The van der Waals surface area contributed by atoms with E-state index in [-0.39, 0.29) is 24.5 Å². The van der Waals surface area contributed by atoms with E-state index in [1.807, 2.05) is 0 Å². The summed E-state index contributed by atoms with van der Waals surface area (Å²) >= 11 is 0. The molecule has 1 aromatic rings. The third-order valence-corrected chi connectivity index (χ3v) is 1.96. The van der Waals surface area contributed by atoms with Gasteiger partial charge in [-0.2, -0.15) is 0 Å². The molecule has 17 heavy (non-hydrogen) atoms. The first-order valence-corrected chi connectivity index (χ1v) is 4.87. The van der Waals surface area contributed by atoms with Crippen LogP contribution in [0.5, 0.6) is 5.75 Å². The summed E-state index contributed by atoms with van der Waals surface area (Å²) in [7, 11) is 1.42. The monoisotopic (exact) mass is 244 g/mol. The lowest BCUT2D eigenvalue weighted by molar-refractivity contribution is 0.0319. The number of rotatable bonds is 6. The van der Waals surface area contributed by atoms with E-state index >= 15 is 0 Å². The van der Waals surface area contributed by atoms with E-state index in [2.05, 4.69) is 4.74 Å². The third-order valence-electron chi connectivity index (χ3n) is 1.96. The van der Waals surface area contributed by atoms with Gasteiger partial charge in [-0.3, -0.25) is 0 Å². The molecule has 0 saturated carbocycles. The zero-order valence-electron chi connectivity index (χ0n) is 9.22. The maximum Gasteiger partial charge on any atom is 0.339 e. The van der Waals surface area contributed by atoms with Crippen LogP contribution in [0, 0.1) is 5.82 Å². The van der Waals surface area contributed by atoms with Crippen LogP contribution in [-0.2, 0) is 4.74 Å². The van der Waals surface area contributed by atoms with Gasteiger partial charge in [-0.15, -0.1) is 0 Å². The molecule has 1 atom stereocenters. The van der Waals surface area contributed by atoms with Crippen molar-refractivity contribution in [1.82, 2.24) is 0 Å². The minimum atomic E-state index is -1.29. The highest BCUT2D eigenvalue weighted by molar-refractivity contribution is 5.90. The Morgan fingerprint density at radius 2 is 2.18 bits per heavy atom. The second-order valence-electron chi connectivity index (χ2n) is 3.37. The molecule has 0 amide bonds. The van der Waals surface area contributed by atoms with Gasteiger partial charge in [-0.25, -0.2) is 9.18 Å². The number of carboxylic acids is 1. The minimum Gasteiger partial charge on any atom is -0.490 e. The lowest BCUT2D eigenvalue weighted by atomic mass is 10.2. The topological polar surface area (TPSA) is 76.0 Å². The van der Waals surface area contributed by atoms with Crippen molar-refractivity contribution < 1.29 is 28.9 Å². The van der Waals surface area contributed by atoms with E-state index in [0.717, 1.165) is 12.1 Å². The Morgan fingerprint density at radius 1 is 1.47 bits per heavy atom. The number of aliphatic hydroxyl groups excluding tert-OH is 1. The summed E-state index contributed by atoms with van der Waals surface area (Å²) in [6.45, 7) is -0.0522. The molecule has 0 spiro atoms. The zero-order valence-corrected chi connectivity index (χ0v) is 9.22. The fourth-order valence-electron chi connectivity index (χ4n) is 1.22. The van der Waals surface area contributed by atoms with Gasteiger partial charge in [0, 0.05) is 7.11 Å². The van der Waals surface area contributed by atoms with Crippen LogP contribution < -0.4 is 4.74 Å². The van der Waals surface area contributed by atoms with Crippen molar-refractivity contribution in [2.75, 3.05) is 20.3 Å². The molecule has 0 heterocycles. The highest BCUT2D eigenvalue weighted by Gasteiger charge is 2.14. The predicted octanol–water partition coefficient (Wildman–Crippen LogP) is 0.910. The van der Waals surface area contributed by atoms with Gasteiger partial charge in [0.05, 0.1) is 6.61 Å². The lowest BCUT2D eigenvalue weighted by Gasteiger charge is -2.12. The van der Waals surface area contributed by atoms with Gasteiger partial charge < -0.3 is 19.7 Å². The summed E-state index contributed by atoms with van der Waals surface area (Å²) in [5, 5.41) is 18.1. The molecule has 0 saturated heterocycles. The number of benzene rings is 1. The van der Waals surface area contributed by atoms with Crippen LogP contribution in [-0.4, -0.2) is 42.6 Å². The van der Waals surface area contributed by atoms with Gasteiger partial charge in [0.1, 0.15) is 29.8 Å². The van der Waals surface area contributed by atoms with E-state index in [1.54, 1.807) is 0 Å². The van der Waals surface area contributed by atoms with Crippen LogP contribution in [0.2, 0.25) is 0 Å². The zero-order chi connectivity index (χ0) is 12.8. The highest BCUT2D eigenvalue weighted by Crippen LogP contribution is 2.19. The van der Waals surface area contributed by atoms with E-state index < -0.39 is 17.9 Å². The van der Waals surface area contributed by atoms with Crippen LogP contribution in [0.15, 0.2) is 18.2 Å². The summed E-state index contributed by atoms with van der Waals surface area (Å²) in [5.74, 6) is -1.94. The molecule has 0 aliphatic heterocycles. The number of hydrogen-bond acceptors (Lipinski definition) is 4. The lowest BCUT2D eigenvalue weighted by Crippen LogP contribution is -2.23. The van der Waals surface area contributed by atoms with Crippen LogP contribution >= 0.6 is 0 Å². The Balaban J connectivity index is 2.73. The molecule has 1 rings (SSSR count). The van der Waals surface area contributed by atoms with Crippen LogP contribution in [0.25, 0.3) is 0 Å². The summed E-state index contributed by atoms with van der Waals surface area (Å²) < 4.78 is 22.6. The number of carboxylic acid groups (broad SMARTS) is 1. The number of ether oxygens (including phenoxy) is 2. The fraction of sp³-hybridized carbons (Fsp3) is 0.364. The Bertz CT molecular complexity index is 393. The Morgan fingerprint density at radius 3 is 2.76 bits per heavy atom. The second kappa shape index (κ2) is 6.17. The molecule has 1 unspecified atom stereocenters. The molecule has 0 radical (unpaired) electrons. The molecule has 5 nitrogen and oxygen atoms in total. The Hall–Kier alpha value is -1.66. The summed E-state index contributed by atoms with van der Waals surface area (Å²) in [6.07, 6.45) is -0.869. The summed E-state index contributed by atoms with van der Waals surface area (Å²) in [4.78, 5) is 10.8. The largest absolute Gasteiger partial charge is 0.490 e. The number of methoxy groups -OCH3 is 1. The normalized spacial score (nSPS) is 12.2. The Labute approximate surface area is 97.4 Å². The van der Waals surface area contributed by atoms with E-state index in [0.29, 0.717) is 0 Å². The number of aromatic carboxylic acids is 1. The SMILES string of the molecule is COCC(O)COc1ccc(F)cc1C(=O)O. The minimum absolute atomic E-state index is 0.00838. The fourth-order valence-corrected chi connectivity index (χ4v) is 1.22. The molecule has 0 fully saturated rings. The summed E-state index contributed by atoms with van der Waals surface area (Å²) in [5.41, 5.74) is -0.283. The maximum atomic E-state index is 12.8. The predicted molar refractivity (Wildman–Crippen MR) is 56.7 cm³/mol. The number of halogens is 1. The van der Waals surface area contributed by atoms with Crippen molar-refractivity contribution in [2.24, 2.45) is 0 Å². The smallest absolute Gasteiger partial charge is 0.339 e. The molecule has 2 N–H and O–H groups in total. The standard InChI is InChI=1S/C11H13FO5/c1-16-5-8(13)6-17-10-3-2-7(12)4-9(10)11(14)15/h2-4,8,13H,5-6H2,1H3,(H,14,15). The number of hydrogen-bond donors (Lipinski definition) is 2. The molecule has 0 bridgehead atoms. The quantitative estimate of drug-likeness (QED) is 0.777. The van der Waals surface area contributed by atoms with Gasteiger partial charge in [-0.05, 0) is 18.2 Å². The van der Waals surface area contributed by atoms with Gasteiger partial charge in [0.25, 0.3) is 0 Å². The highest BCUT2D eigenvalue weighted by atomic mass is 19.1. The van der Waals surface area contributed by atoms with Crippen molar-refractivity contribution >= 4 is 5.97 Å². The average molecular weight is 244 g/mol. The van der Waals surface area contributed by atoms with Crippen molar-refractivity contribution in [3.8, 4) is 5.75 Å². The molecule has 0 aliphatic carbocycles. The molecule has 0 aliphatic rings. The second-order valence-corrected chi connectivity index (χ2v) is 3.37. The number of carbonyl (C=O) groups is 1. The first-order chi connectivity index (χ1) is 8.04. The van der Waals surface area contributed by atoms with Crippen LogP contribution in [0.1, 0.15) is 10.4 Å². The first kappa shape index (κ1) is 13.4. The van der Waals surface area contributed by atoms with Gasteiger partial charge in [-0.1, -0.05) is 0 Å². The van der Waals surface area contributed by atoms with Gasteiger partial charge >= 0.3 is 5.97 Å². The molecule has 6 heteroatoms. The Kier molecular flexibility index (Phi) is 4.86. The first-order valence-electron chi connectivity index (χ1n) is 4.87. The van der Waals surface area contributed by atoms with Crippen molar-refractivity contribution in [2.45, 2.75) is 6.10 Å². The van der Waals surface area contributed by atoms with Crippen molar-refractivity contribution in [3.63, 3.8) is 0 Å². The molecular weight excluding hydrogens is 231 g/mol. The van der Waals surface area contributed by atoms with Crippen LogP contribution in [0.3, 0.4) is 0 Å². The molecular formula is C11H13FO5. The molecule has 0 aromatic heterocycles. The van der Waals surface area contributed by atoms with Crippen molar-refractivity contribution in [1.29, 1.82) is 0 Å². The van der Waals surface area contributed by atoms with Gasteiger partial charge in [0.15, 0.2) is 0 Å². The third kappa shape index (κ3) is 4.01. The van der Waals surface area contributed by atoms with Crippen LogP contribution in [0.4, 0.5) is 4.39 Å². The molecule has 1 aromatic carbocycles. The molecule has 94 valence electrons. The van der Waals surface area contributed by atoms with Gasteiger partial charge in [0.2, 0.25) is 0 Å².